The van der Waals surface area contributed by atoms with E-state index in [0.717, 1.165) is 5.39 Å². The Morgan fingerprint density at radius 1 is 1.39 bits per heavy atom. The van der Waals surface area contributed by atoms with Crippen molar-refractivity contribution in [3.8, 4) is 0 Å². The van der Waals surface area contributed by atoms with E-state index in [-0.39, 0.29) is 0 Å². The van der Waals surface area contributed by atoms with Crippen molar-refractivity contribution in [2.75, 3.05) is 0 Å². The van der Waals surface area contributed by atoms with Gasteiger partial charge in [-0.2, -0.15) is 0 Å². The number of nitrogens with zero attached hydrogens (tertiary/aromatic N) is 1. The molecule has 0 saturated heterocycles. The highest BCUT2D eigenvalue weighted by Gasteiger charge is 2.20. The Morgan fingerprint density at radius 2 is 2.06 bits per heavy atom. The van der Waals surface area contributed by atoms with E-state index in [1.807, 2.05) is 0 Å². The lowest BCUT2D eigenvalue weighted by atomic mass is 10.1. The summed E-state index contributed by atoms with van der Waals surface area (Å²) in [5.41, 5.74) is 0.389. The van der Waals surface area contributed by atoms with Gasteiger partial charge in [-0.25, -0.2) is 4.79 Å². The van der Waals surface area contributed by atoms with Gasteiger partial charge in [0.1, 0.15) is 13.4 Å². The average molecular weight is 262 g/mol. The van der Waals surface area contributed by atoms with Crippen molar-refractivity contribution in [3.05, 3.63) is 29.3 Å². The molecule has 0 amide bonds. The van der Waals surface area contributed by atoms with E-state index in [2.05, 4.69) is 0 Å². The molecule has 0 N–H and O–H groups in total. The Bertz CT molecular complexity index is 613. The highest BCUT2D eigenvalue weighted by Crippen LogP contribution is 2.23. The minimum Gasteiger partial charge on any atom is -0.443 e. The van der Waals surface area contributed by atoms with Crippen LogP contribution in [0.5, 0.6) is 0 Å². The van der Waals surface area contributed by atoms with Crippen LogP contribution in [0.3, 0.4) is 0 Å². The number of fused-ring (bicyclic) bond motifs is 1. The van der Waals surface area contributed by atoms with Gasteiger partial charge in [-0.3, -0.25) is 4.57 Å². The van der Waals surface area contributed by atoms with Crippen molar-refractivity contribution >= 4 is 42.0 Å². The molecule has 5 heteroatoms. The molecule has 0 bridgehead atoms. The van der Waals surface area contributed by atoms with Crippen LogP contribution in [0, 0.1) is 0 Å². The van der Waals surface area contributed by atoms with Gasteiger partial charge in [0.15, 0.2) is 0 Å². The monoisotopic (exact) mass is 261 g/mol. The molecule has 92 valence electrons. The van der Waals surface area contributed by atoms with Gasteiger partial charge in [0.05, 0.1) is 5.52 Å². The molecular weight excluding hydrogens is 248 g/mol. The maximum Gasteiger partial charge on any atom is 0.418 e. The number of halogens is 1. The summed E-state index contributed by atoms with van der Waals surface area (Å²) in [6, 6.07) is 6.97. The zero-order valence-electron chi connectivity index (χ0n) is 10.5. The molecule has 0 aliphatic heterocycles. The Balaban J connectivity index is 2.54. The quantitative estimate of drug-likeness (QED) is 0.683. The van der Waals surface area contributed by atoms with Gasteiger partial charge in [-0.15, -0.1) is 0 Å². The first-order valence-electron chi connectivity index (χ1n) is 5.58. The number of ether oxygens (including phenoxy) is 1. The Morgan fingerprint density at radius 3 is 2.67 bits per heavy atom. The summed E-state index contributed by atoms with van der Waals surface area (Å²) in [5.74, 6) is 0. The van der Waals surface area contributed by atoms with Gasteiger partial charge in [0, 0.05) is 10.4 Å². The van der Waals surface area contributed by atoms with E-state index in [0.29, 0.717) is 16.1 Å². The number of hydrogen-bond acceptors (Lipinski definition) is 2. The third-order valence-electron chi connectivity index (χ3n) is 2.40. The fourth-order valence-electron chi connectivity index (χ4n) is 1.73. The second-order valence-corrected chi connectivity index (χ2v) is 5.46. The second kappa shape index (κ2) is 4.36. The normalized spacial score (nSPS) is 11.8. The molecule has 0 unspecified atom stereocenters. The molecule has 3 nitrogen and oxygen atoms in total. The van der Waals surface area contributed by atoms with Crippen LogP contribution in [0.15, 0.2) is 24.3 Å². The van der Waals surface area contributed by atoms with Gasteiger partial charge in [-0.1, -0.05) is 17.7 Å². The first-order chi connectivity index (χ1) is 8.29. The van der Waals surface area contributed by atoms with Crippen LogP contribution in [0.1, 0.15) is 20.8 Å². The maximum absolute atomic E-state index is 12.1. The molecule has 18 heavy (non-hydrogen) atoms. The summed E-state index contributed by atoms with van der Waals surface area (Å²) in [7, 11) is 5.85. The standard InChI is InChI=1S/C13H13BClNO2/c1-13(2,3)18-12(17)16-10-6-4-5-9(15)8(10)7-11(16)14/h4-7H,1-3H3. The SMILES string of the molecule is [B]c1cc2c(Cl)cccc2n1C(=O)OC(C)(C)C. The number of hydrogen-bond donors (Lipinski definition) is 0. The summed E-state index contributed by atoms with van der Waals surface area (Å²) in [5, 5.41) is 1.30. The molecule has 0 fully saturated rings. The van der Waals surface area contributed by atoms with Crippen LogP contribution in [-0.2, 0) is 4.74 Å². The Kier molecular flexibility index (Phi) is 3.15. The van der Waals surface area contributed by atoms with Crippen LogP contribution < -0.4 is 5.59 Å². The maximum atomic E-state index is 12.1. The zero-order chi connectivity index (χ0) is 13.5. The predicted molar refractivity (Wildman–Crippen MR) is 74.0 cm³/mol. The van der Waals surface area contributed by atoms with Gasteiger partial charge in [0.25, 0.3) is 0 Å². The summed E-state index contributed by atoms with van der Waals surface area (Å²) in [6.07, 6.45) is -0.503. The molecule has 0 aliphatic carbocycles. The van der Waals surface area contributed by atoms with E-state index >= 15 is 0 Å². The van der Waals surface area contributed by atoms with Crippen LogP contribution >= 0.6 is 11.6 Å². The van der Waals surface area contributed by atoms with Gasteiger partial charge in [-0.05, 0) is 44.6 Å². The van der Waals surface area contributed by atoms with Crippen molar-refractivity contribution in [3.63, 3.8) is 0 Å². The smallest absolute Gasteiger partial charge is 0.418 e. The van der Waals surface area contributed by atoms with Gasteiger partial charge >= 0.3 is 6.09 Å². The fraction of sp³-hybridized carbons (Fsp3) is 0.308. The van der Waals surface area contributed by atoms with Crippen LogP contribution in [0.25, 0.3) is 10.9 Å². The zero-order valence-corrected chi connectivity index (χ0v) is 11.3. The summed E-state index contributed by atoms with van der Waals surface area (Å²) in [4.78, 5) is 12.1. The molecule has 0 atom stereocenters. The summed E-state index contributed by atoms with van der Waals surface area (Å²) >= 11 is 6.06. The number of aromatic nitrogens is 1. The van der Waals surface area contributed by atoms with Crippen LogP contribution in [0.2, 0.25) is 5.02 Å². The molecule has 1 heterocycles. The molecule has 2 rings (SSSR count). The van der Waals surface area contributed by atoms with E-state index in [9.17, 15) is 4.79 Å². The molecular formula is C13H13BClNO2. The lowest BCUT2D eigenvalue weighted by molar-refractivity contribution is 0.0549. The minimum atomic E-state index is -0.571. The Labute approximate surface area is 112 Å². The molecule has 0 saturated carbocycles. The van der Waals surface area contributed by atoms with Gasteiger partial charge < -0.3 is 4.74 Å². The second-order valence-electron chi connectivity index (χ2n) is 5.06. The number of benzene rings is 1. The molecule has 0 aliphatic rings. The molecule has 2 radical (unpaired) electrons. The first-order valence-corrected chi connectivity index (χ1v) is 5.96. The highest BCUT2D eigenvalue weighted by molar-refractivity contribution is 6.38. The minimum absolute atomic E-state index is 0.312. The van der Waals surface area contributed by atoms with Crippen molar-refractivity contribution in [1.29, 1.82) is 0 Å². The summed E-state index contributed by atoms with van der Waals surface area (Å²) in [6.45, 7) is 5.42. The predicted octanol–water partition coefficient (Wildman–Crippen LogP) is 2.87. The Hall–Kier alpha value is -1.42. The summed E-state index contributed by atoms with van der Waals surface area (Å²) < 4.78 is 6.64. The van der Waals surface area contributed by atoms with E-state index in [1.165, 1.54) is 4.57 Å². The van der Waals surface area contributed by atoms with E-state index in [4.69, 9.17) is 24.2 Å². The van der Waals surface area contributed by atoms with Crippen molar-refractivity contribution in [2.24, 2.45) is 0 Å². The van der Waals surface area contributed by atoms with Crippen molar-refractivity contribution < 1.29 is 9.53 Å². The van der Waals surface area contributed by atoms with Gasteiger partial charge in [0.2, 0.25) is 0 Å². The third-order valence-corrected chi connectivity index (χ3v) is 2.73. The largest absolute Gasteiger partial charge is 0.443 e. The van der Waals surface area contributed by atoms with E-state index in [1.54, 1.807) is 45.0 Å². The molecule has 2 aromatic rings. The topological polar surface area (TPSA) is 31.2 Å². The lowest BCUT2D eigenvalue weighted by Crippen LogP contribution is -2.32. The molecule has 1 aromatic heterocycles. The lowest BCUT2D eigenvalue weighted by Gasteiger charge is -2.20. The fourth-order valence-corrected chi connectivity index (χ4v) is 1.95. The van der Waals surface area contributed by atoms with E-state index < -0.39 is 11.7 Å². The number of carbonyl (C=O) groups is 1. The third kappa shape index (κ3) is 2.39. The van der Waals surface area contributed by atoms with Crippen molar-refractivity contribution in [2.45, 2.75) is 26.4 Å². The van der Waals surface area contributed by atoms with Crippen LogP contribution in [-0.4, -0.2) is 24.1 Å². The number of carbonyl (C=O) groups excluding carboxylic acids is 1. The van der Waals surface area contributed by atoms with Crippen LogP contribution in [0.4, 0.5) is 4.79 Å². The highest BCUT2D eigenvalue weighted by atomic mass is 35.5. The first kappa shape index (κ1) is 13.0. The van der Waals surface area contributed by atoms with Crippen molar-refractivity contribution in [1.82, 2.24) is 4.57 Å². The average Bonchev–Trinajstić information content (AvgIpc) is 2.53. The molecule has 1 aromatic carbocycles. The molecule has 0 spiro atoms. The number of rotatable bonds is 0.